The molecule has 2 aliphatic rings. The Morgan fingerprint density at radius 3 is 2.56 bits per heavy atom. The Labute approximate surface area is 152 Å². The van der Waals surface area contributed by atoms with Crippen LogP contribution >= 0.6 is 11.8 Å². The average Bonchev–Trinajstić information content (AvgIpc) is 2.97. The van der Waals surface area contributed by atoms with Gasteiger partial charge in [0.15, 0.2) is 11.5 Å². The number of benzene rings is 2. The van der Waals surface area contributed by atoms with Gasteiger partial charge < -0.3 is 14.4 Å². The molecule has 0 aromatic heterocycles. The van der Waals surface area contributed by atoms with Crippen molar-refractivity contribution in [2.45, 2.75) is 24.1 Å². The normalized spacial score (nSPS) is 21.7. The van der Waals surface area contributed by atoms with Crippen LogP contribution in [0.3, 0.4) is 0 Å². The van der Waals surface area contributed by atoms with E-state index in [1.165, 1.54) is 28.5 Å². The third kappa shape index (κ3) is 2.86. The standard InChI is InChI=1S/C20H21NO3S/c1-23-16-11-14-8-9-21-19(15(14)12-17(16)24-2)18(25-20(21)22)10-13-6-4-3-5-7-13/h3-7,11-12,18-19H,8-10H2,1-2H3/t18-,19+/m1/s1. The molecule has 5 heteroatoms. The van der Waals surface area contributed by atoms with E-state index in [1.807, 2.05) is 11.0 Å². The maximum Gasteiger partial charge on any atom is 0.282 e. The smallest absolute Gasteiger partial charge is 0.282 e. The number of hydrogen-bond donors (Lipinski definition) is 0. The molecular weight excluding hydrogens is 334 g/mol. The van der Waals surface area contributed by atoms with Gasteiger partial charge in [-0.3, -0.25) is 4.79 Å². The first-order chi connectivity index (χ1) is 12.2. The van der Waals surface area contributed by atoms with Crippen molar-refractivity contribution in [3.63, 3.8) is 0 Å². The lowest BCUT2D eigenvalue weighted by Crippen LogP contribution is -2.36. The lowest BCUT2D eigenvalue weighted by molar-refractivity contribution is 0.200. The van der Waals surface area contributed by atoms with Crippen LogP contribution in [0.15, 0.2) is 42.5 Å². The molecule has 0 bridgehead atoms. The van der Waals surface area contributed by atoms with E-state index < -0.39 is 0 Å². The quantitative estimate of drug-likeness (QED) is 0.828. The molecule has 0 unspecified atom stereocenters. The largest absolute Gasteiger partial charge is 0.493 e. The van der Waals surface area contributed by atoms with Gasteiger partial charge in [-0.15, -0.1) is 0 Å². The molecule has 1 saturated heterocycles. The summed E-state index contributed by atoms with van der Waals surface area (Å²) in [4.78, 5) is 14.5. The topological polar surface area (TPSA) is 38.8 Å². The van der Waals surface area contributed by atoms with Crippen molar-refractivity contribution in [2.24, 2.45) is 0 Å². The Morgan fingerprint density at radius 2 is 1.84 bits per heavy atom. The van der Waals surface area contributed by atoms with Crippen molar-refractivity contribution in [3.8, 4) is 11.5 Å². The van der Waals surface area contributed by atoms with Gasteiger partial charge >= 0.3 is 0 Å². The van der Waals surface area contributed by atoms with Gasteiger partial charge in [0.2, 0.25) is 0 Å². The molecule has 2 heterocycles. The minimum absolute atomic E-state index is 0.0984. The number of fused-ring (bicyclic) bond motifs is 3. The molecule has 2 aromatic rings. The third-order valence-corrected chi connectivity index (χ3v) is 6.20. The molecule has 130 valence electrons. The highest BCUT2D eigenvalue weighted by molar-refractivity contribution is 8.14. The fourth-order valence-corrected chi connectivity index (χ4v) is 5.14. The van der Waals surface area contributed by atoms with Crippen LogP contribution in [0.1, 0.15) is 22.7 Å². The first-order valence-electron chi connectivity index (χ1n) is 8.47. The summed E-state index contributed by atoms with van der Waals surface area (Å²) >= 11 is 1.47. The van der Waals surface area contributed by atoms with Gasteiger partial charge in [0.05, 0.1) is 20.3 Å². The van der Waals surface area contributed by atoms with Crippen molar-refractivity contribution >= 4 is 17.0 Å². The fourth-order valence-electron chi connectivity index (χ4n) is 3.84. The predicted molar refractivity (Wildman–Crippen MR) is 99.6 cm³/mol. The Morgan fingerprint density at radius 1 is 1.12 bits per heavy atom. The molecular formula is C20H21NO3S. The number of hydrogen-bond acceptors (Lipinski definition) is 4. The summed E-state index contributed by atoms with van der Waals surface area (Å²) in [6.07, 6.45) is 1.74. The molecule has 25 heavy (non-hydrogen) atoms. The van der Waals surface area contributed by atoms with Gasteiger partial charge in [-0.25, -0.2) is 0 Å². The second kappa shape index (κ2) is 6.64. The Kier molecular flexibility index (Phi) is 4.34. The van der Waals surface area contributed by atoms with Gasteiger partial charge in [-0.2, -0.15) is 0 Å². The second-order valence-corrected chi connectivity index (χ2v) is 7.60. The average molecular weight is 355 g/mol. The molecule has 2 aromatic carbocycles. The molecule has 2 aliphatic heterocycles. The van der Waals surface area contributed by atoms with Crippen LogP contribution in [0.4, 0.5) is 4.79 Å². The minimum Gasteiger partial charge on any atom is -0.493 e. The summed E-state index contributed by atoms with van der Waals surface area (Å²) in [5, 5.41) is 0.401. The van der Waals surface area contributed by atoms with Crippen LogP contribution in [0, 0.1) is 0 Å². The lowest BCUT2D eigenvalue weighted by Gasteiger charge is -2.34. The maximum atomic E-state index is 12.5. The van der Waals surface area contributed by atoms with E-state index in [4.69, 9.17) is 9.47 Å². The molecule has 0 N–H and O–H groups in total. The molecule has 4 nitrogen and oxygen atoms in total. The number of nitrogens with zero attached hydrogens (tertiary/aromatic N) is 1. The SMILES string of the molecule is COc1cc2c(cc1OC)[C@H]1[C@@H](Cc3ccccc3)SC(=O)N1CC2. The first-order valence-corrected chi connectivity index (χ1v) is 9.35. The number of thioether (sulfide) groups is 1. The highest BCUT2D eigenvalue weighted by Gasteiger charge is 2.44. The van der Waals surface area contributed by atoms with Crippen molar-refractivity contribution in [2.75, 3.05) is 20.8 Å². The molecule has 2 atom stereocenters. The summed E-state index contributed by atoms with van der Waals surface area (Å²) in [5.41, 5.74) is 3.72. The lowest BCUT2D eigenvalue weighted by atomic mass is 9.88. The van der Waals surface area contributed by atoms with E-state index in [1.54, 1.807) is 14.2 Å². The molecule has 0 radical (unpaired) electrons. The maximum absolute atomic E-state index is 12.5. The van der Waals surface area contributed by atoms with Gasteiger partial charge in [0.25, 0.3) is 5.24 Å². The van der Waals surface area contributed by atoms with Crippen LogP contribution < -0.4 is 9.47 Å². The minimum atomic E-state index is 0.0984. The van der Waals surface area contributed by atoms with Crippen LogP contribution in [-0.2, 0) is 12.8 Å². The van der Waals surface area contributed by atoms with E-state index in [9.17, 15) is 4.79 Å². The second-order valence-electron chi connectivity index (χ2n) is 6.41. The van der Waals surface area contributed by atoms with Crippen molar-refractivity contribution < 1.29 is 14.3 Å². The zero-order valence-electron chi connectivity index (χ0n) is 14.4. The van der Waals surface area contributed by atoms with E-state index in [0.29, 0.717) is 0 Å². The summed E-state index contributed by atoms with van der Waals surface area (Å²) < 4.78 is 10.9. The monoisotopic (exact) mass is 355 g/mol. The zero-order chi connectivity index (χ0) is 17.4. The Hall–Kier alpha value is -2.14. The molecule has 0 spiro atoms. The summed E-state index contributed by atoms with van der Waals surface area (Å²) in [6, 6.07) is 14.6. The van der Waals surface area contributed by atoms with E-state index in [0.717, 1.165) is 30.9 Å². The van der Waals surface area contributed by atoms with Gasteiger partial charge in [0.1, 0.15) is 0 Å². The Balaban J connectivity index is 1.73. The van der Waals surface area contributed by atoms with Gasteiger partial charge in [0, 0.05) is 11.8 Å². The molecule has 0 saturated carbocycles. The molecule has 1 fully saturated rings. The van der Waals surface area contributed by atoms with Gasteiger partial charge in [-0.1, -0.05) is 42.1 Å². The highest BCUT2D eigenvalue weighted by atomic mass is 32.2. The number of ether oxygens (including phenoxy) is 2. The number of carbonyl (C=O) groups is 1. The van der Waals surface area contributed by atoms with E-state index >= 15 is 0 Å². The fraction of sp³-hybridized carbons (Fsp3) is 0.350. The number of amides is 1. The third-order valence-electron chi connectivity index (χ3n) is 5.04. The Bertz CT molecular complexity index is 793. The van der Waals surface area contributed by atoms with E-state index in [2.05, 4.69) is 36.4 Å². The van der Waals surface area contributed by atoms with Crippen LogP contribution in [0.25, 0.3) is 0 Å². The molecule has 0 aliphatic carbocycles. The first kappa shape index (κ1) is 16.3. The van der Waals surface area contributed by atoms with Crippen LogP contribution in [0.5, 0.6) is 11.5 Å². The predicted octanol–water partition coefficient (Wildman–Crippen LogP) is 4.08. The van der Waals surface area contributed by atoms with Crippen molar-refractivity contribution in [1.82, 2.24) is 4.90 Å². The number of rotatable bonds is 4. The van der Waals surface area contributed by atoms with Gasteiger partial charge in [-0.05, 0) is 41.7 Å². The summed E-state index contributed by atoms with van der Waals surface area (Å²) in [6.45, 7) is 0.768. The number of methoxy groups -OCH3 is 2. The van der Waals surface area contributed by atoms with E-state index in [-0.39, 0.29) is 16.5 Å². The summed E-state index contributed by atoms with van der Waals surface area (Å²) in [5.74, 6) is 1.48. The van der Waals surface area contributed by atoms with Crippen molar-refractivity contribution in [3.05, 3.63) is 59.2 Å². The zero-order valence-corrected chi connectivity index (χ0v) is 15.2. The van der Waals surface area contributed by atoms with Crippen molar-refractivity contribution in [1.29, 1.82) is 0 Å². The molecule has 4 rings (SSSR count). The highest BCUT2D eigenvalue weighted by Crippen LogP contribution is 2.48. The number of carbonyl (C=O) groups excluding carboxylic acids is 1. The molecule has 1 amide bonds. The summed E-state index contributed by atoms with van der Waals surface area (Å²) in [7, 11) is 3.31. The van der Waals surface area contributed by atoms with Crippen LogP contribution in [-0.4, -0.2) is 36.2 Å². The van der Waals surface area contributed by atoms with Crippen LogP contribution in [0.2, 0.25) is 0 Å².